The predicted molar refractivity (Wildman–Crippen MR) is 71.5 cm³/mol. The molecule has 1 amide bonds. The van der Waals surface area contributed by atoms with E-state index in [1.807, 2.05) is 0 Å². The van der Waals surface area contributed by atoms with Gasteiger partial charge in [0.1, 0.15) is 11.7 Å². The summed E-state index contributed by atoms with van der Waals surface area (Å²) >= 11 is 0. The number of hydrogen-bond donors (Lipinski definition) is 1. The van der Waals surface area contributed by atoms with Gasteiger partial charge in [0.2, 0.25) is 5.91 Å². The normalized spacial score (nSPS) is 22.5. The van der Waals surface area contributed by atoms with Gasteiger partial charge >= 0.3 is 5.97 Å². The molecule has 1 aliphatic heterocycles. The van der Waals surface area contributed by atoms with Crippen LogP contribution in [0.4, 0.5) is 4.39 Å². The highest BCUT2D eigenvalue weighted by Crippen LogP contribution is 2.32. The summed E-state index contributed by atoms with van der Waals surface area (Å²) in [4.78, 5) is 24.1. The average molecular weight is 279 g/mol. The molecule has 0 aliphatic carbocycles. The second kappa shape index (κ2) is 6.03. The topological polar surface area (TPSA) is 55.4 Å². The zero-order valence-electron chi connectivity index (χ0n) is 11.6. The van der Waals surface area contributed by atoms with Crippen molar-refractivity contribution in [1.29, 1.82) is 0 Å². The van der Waals surface area contributed by atoms with Crippen LogP contribution < -0.4 is 5.32 Å². The molecule has 1 N–H and O–H groups in total. The standard InChI is InChI=1S/C15H18FNO3/c1-9(2)20-15(19)13-12(7-8-17-14(13)18)10-3-5-11(16)6-4-10/h3-6,9,12-13H,7-8H2,1-2H3,(H,17,18)/t12-,13-/m0/s1. The molecule has 1 saturated heterocycles. The van der Waals surface area contributed by atoms with Crippen molar-refractivity contribution < 1.29 is 18.7 Å². The van der Waals surface area contributed by atoms with Gasteiger partial charge in [-0.1, -0.05) is 12.1 Å². The Bertz CT molecular complexity index is 498. The third kappa shape index (κ3) is 3.15. The van der Waals surface area contributed by atoms with Crippen LogP contribution in [0.2, 0.25) is 0 Å². The number of ether oxygens (including phenoxy) is 1. The van der Waals surface area contributed by atoms with Crippen molar-refractivity contribution in [1.82, 2.24) is 5.32 Å². The van der Waals surface area contributed by atoms with Gasteiger partial charge < -0.3 is 10.1 Å². The second-order valence-corrected chi connectivity index (χ2v) is 5.20. The first kappa shape index (κ1) is 14.5. The summed E-state index contributed by atoms with van der Waals surface area (Å²) in [7, 11) is 0. The van der Waals surface area contributed by atoms with Crippen LogP contribution in [0.3, 0.4) is 0 Å². The van der Waals surface area contributed by atoms with Crippen molar-refractivity contribution in [2.45, 2.75) is 32.3 Å². The van der Waals surface area contributed by atoms with Crippen LogP contribution >= 0.6 is 0 Å². The van der Waals surface area contributed by atoms with E-state index in [4.69, 9.17) is 4.74 Å². The smallest absolute Gasteiger partial charge is 0.319 e. The van der Waals surface area contributed by atoms with Crippen molar-refractivity contribution in [3.8, 4) is 0 Å². The fraction of sp³-hybridized carbons (Fsp3) is 0.467. The van der Waals surface area contributed by atoms with Crippen LogP contribution in [0.15, 0.2) is 24.3 Å². The Morgan fingerprint density at radius 1 is 1.35 bits per heavy atom. The lowest BCUT2D eigenvalue weighted by Crippen LogP contribution is -2.46. The maximum Gasteiger partial charge on any atom is 0.319 e. The van der Waals surface area contributed by atoms with Gasteiger partial charge in [-0.3, -0.25) is 9.59 Å². The monoisotopic (exact) mass is 279 g/mol. The number of hydrogen-bond acceptors (Lipinski definition) is 3. The van der Waals surface area contributed by atoms with Crippen LogP contribution in [0.5, 0.6) is 0 Å². The molecular weight excluding hydrogens is 261 g/mol. The Kier molecular flexibility index (Phi) is 4.37. The van der Waals surface area contributed by atoms with E-state index in [0.29, 0.717) is 13.0 Å². The highest BCUT2D eigenvalue weighted by atomic mass is 19.1. The largest absolute Gasteiger partial charge is 0.462 e. The first-order valence-corrected chi connectivity index (χ1v) is 6.72. The number of piperidine rings is 1. The van der Waals surface area contributed by atoms with E-state index in [9.17, 15) is 14.0 Å². The zero-order chi connectivity index (χ0) is 14.7. The number of esters is 1. The summed E-state index contributed by atoms with van der Waals surface area (Å²) in [6.45, 7) is 3.99. The Morgan fingerprint density at radius 3 is 2.60 bits per heavy atom. The fourth-order valence-electron chi connectivity index (χ4n) is 2.46. The average Bonchev–Trinajstić information content (AvgIpc) is 2.38. The summed E-state index contributed by atoms with van der Waals surface area (Å²) in [6.07, 6.45) is 0.362. The second-order valence-electron chi connectivity index (χ2n) is 5.20. The molecular formula is C15H18FNO3. The highest BCUT2D eigenvalue weighted by molar-refractivity contribution is 5.99. The van der Waals surface area contributed by atoms with E-state index in [-0.39, 0.29) is 23.7 Å². The molecule has 1 aromatic carbocycles. The Hall–Kier alpha value is -1.91. The van der Waals surface area contributed by atoms with Gasteiger partial charge in [-0.2, -0.15) is 0 Å². The number of benzene rings is 1. The molecule has 0 aromatic heterocycles. The van der Waals surface area contributed by atoms with Crippen molar-refractivity contribution in [3.63, 3.8) is 0 Å². The Balaban J connectivity index is 2.26. The zero-order valence-corrected chi connectivity index (χ0v) is 11.6. The van der Waals surface area contributed by atoms with Gasteiger partial charge in [-0.15, -0.1) is 0 Å². The van der Waals surface area contributed by atoms with E-state index in [0.717, 1.165) is 5.56 Å². The van der Waals surface area contributed by atoms with Crippen LogP contribution in [-0.4, -0.2) is 24.5 Å². The van der Waals surface area contributed by atoms with Crippen molar-refractivity contribution in [2.24, 2.45) is 5.92 Å². The third-order valence-corrected chi connectivity index (χ3v) is 3.34. The van der Waals surface area contributed by atoms with Gasteiger partial charge in [0.15, 0.2) is 0 Å². The SMILES string of the molecule is CC(C)OC(=O)[C@@H]1C(=O)NCC[C@H]1c1ccc(F)cc1. The van der Waals surface area contributed by atoms with Gasteiger partial charge in [0, 0.05) is 12.5 Å². The summed E-state index contributed by atoms with van der Waals surface area (Å²) in [5.74, 6) is -2.31. The van der Waals surface area contributed by atoms with Crippen molar-refractivity contribution >= 4 is 11.9 Å². The lowest BCUT2D eigenvalue weighted by molar-refractivity contribution is -0.157. The van der Waals surface area contributed by atoms with E-state index in [1.165, 1.54) is 12.1 Å². The lowest BCUT2D eigenvalue weighted by atomic mass is 9.80. The molecule has 5 heteroatoms. The molecule has 2 rings (SSSR count). The Morgan fingerprint density at radius 2 is 2.00 bits per heavy atom. The quantitative estimate of drug-likeness (QED) is 0.680. The van der Waals surface area contributed by atoms with Gasteiger partial charge in [0.05, 0.1) is 6.10 Å². The minimum Gasteiger partial charge on any atom is -0.462 e. The van der Waals surface area contributed by atoms with Gasteiger partial charge in [-0.05, 0) is 38.0 Å². The molecule has 2 atom stereocenters. The molecule has 20 heavy (non-hydrogen) atoms. The van der Waals surface area contributed by atoms with E-state index >= 15 is 0 Å². The Labute approximate surface area is 117 Å². The third-order valence-electron chi connectivity index (χ3n) is 3.34. The molecule has 0 unspecified atom stereocenters. The number of rotatable bonds is 3. The fourth-order valence-corrected chi connectivity index (χ4v) is 2.46. The summed E-state index contributed by atoms with van der Waals surface area (Å²) < 4.78 is 18.1. The van der Waals surface area contributed by atoms with Crippen LogP contribution in [-0.2, 0) is 14.3 Å². The van der Waals surface area contributed by atoms with E-state index in [2.05, 4.69) is 5.32 Å². The minimum atomic E-state index is -0.864. The molecule has 0 bridgehead atoms. The number of carbonyl (C=O) groups excluding carboxylic acids is 2. The molecule has 1 aliphatic rings. The maximum absolute atomic E-state index is 13.0. The molecule has 0 saturated carbocycles. The molecule has 1 aromatic rings. The van der Waals surface area contributed by atoms with Crippen molar-refractivity contribution in [2.75, 3.05) is 6.54 Å². The number of carbonyl (C=O) groups is 2. The van der Waals surface area contributed by atoms with E-state index < -0.39 is 11.9 Å². The molecule has 1 heterocycles. The predicted octanol–water partition coefficient (Wildman–Crippen LogP) is 2.00. The molecule has 0 spiro atoms. The van der Waals surface area contributed by atoms with Crippen LogP contribution in [0.1, 0.15) is 31.7 Å². The highest BCUT2D eigenvalue weighted by Gasteiger charge is 2.39. The van der Waals surface area contributed by atoms with Gasteiger partial charge in [-0.25, -0.2) is 4.39 Å². The lowest BCUT2D eigenvalue weighted by Gasteiger charge is -2.30. The molecule has 1 fully saturated rings. The first-order chi connectivity index (χ1) is 9.49. The van der Waals surface area contributed by atoms with Crippen LogP contribution in [0.25, 0.3) is 0 Å². The minimum absolute atomic E-state index is 0.268. The van der Waals surface area contributed by atoms with Crippen molar-refractivity contribution in [3.05, 3.63) is 35.6 Å². The summed E-state index contributed by atoms with van der Waals surface area (Å²) in [6, 6.07) is 5.92. The first-order valence-electron chi connectivity index (χ1n) is 6.72. The van der Waals surface area contributed by atoms with Crippen LogP contribution in [0, 0.1) is 11.7 Å². The number of amides is 1. The summed E-state index contributed by atoms with van der Waals surface area (Å²) in [5.41, 5.74) is 0.784. The number of halogens is 1. The van der Waals surface area contributed by atoms with E-state index in [1.54, 1.807) is 26.0 Å². The van der Waals surface area contributed by atoms with Gasteiger partial charge in [0.25, 0.3) is 0 Å². The molecule has 0 radical (unpaired) electrons. The maximum atomic E-state index is 13.0. The summed E-state index contributed by atoms with van der Waals surface area (Å²) in [5, 5.41) is 2.68. The number of nitrogens with one attached hydrogen (secondary N) is 1. The molecule has 108 valence electrons. The molecule has 4 nitrogen and oxygen atoms in total.